The Morgan fingerprint density at radius 3 is 2.39 bits per heavy atom. The summed E-state index contributed by atoms with van der Waals surface area (Å²) in [6, 6.07) is -1.03. The Bertz CT molecular complexity index is 363. The van der Waals surface area contributed by atoms with Crippen molar-refractivity contribution in [2.75, 3.05) is 7.11 Å². The van der Waals surface area contributed by atoms with E-state index in [1.165, 1.54) is 7.11 Å². The normalized spacial score (nSPS) is 21.8. The zero-order valence-corrected chi connectivity index (χ0v) is 10.9. The van der Waals surface area contributed by atoms with Gasteiger partial charge < -0.3 is 15.2 Å². The molecule has 1 unspecified atom stereocenters. The van der Waals surface area contributed by atoms with Crippen LogP contribution >= 0.6 is 0 Å². The molecule has 1 amide bonds. The van der Waals surface area contributed by atoms with Crippen molar-refractivity contribution in [2.24, 2.45) is 11.3 Å². The summed E-state index contributed by atoms with van der Waals surface area (Å²) < 4.78 is 4.43. The van der Waals surface area contributed by atoms with Gasteiger partial charge in [0.1, 0.15) is 6.04 Å². The standard InChI is InChI=1S/C12H19NO5/c1-12(2)6-7(12)10(15)13-8(11(16)17)4-5-9(14)18-3/h7-8H,4-6H2,1-3H3,(H,13,15)(H,16,17)/t7?,8-/m1/s1. The number of esters is 1. The Morgan fingerprint density at radius 2 is 2.00 bits per heavy atom. The van der Waals surface area contributed by atoms with Crippen LogP contribution in [-0.4, -0.2) is 36.1 Å². The molecule has 0 aliphatic heterocycles. The molecule has 2 N–H and O–H groups in total. The predicted molar refractivity (Wildman–Crippen MR) is 62.7 cm³/mol. The van der Waals surface area contributed by atoms with Gasteiger partial charge in [-0.05, 0) is 18.3 Å². The van der Waals surface area contributed by atoms with Gasteiger partial charge in [0.15, 0.2) is 0 Å². The van der Waals surface area contributed by atoms with Gasteiger partial charge in [-0.15, -0.1) is 0 Å². The van der Waals surface area contributed by atoms with Gasteiger partial charge in [-0.1, -0.05) is 13.8 Å². The lowest BCUT2D eigenvalue weighted by Crippen LogP contribution is -2.42. The Hall–Kier alpha value is -1.59. The van der Waals surface area contributed by atoms with Crippen molar-refractivity contribution in [2.45, 2.75) is 39.2 Å². The van der Waals surface area contributed by atoms with Crippen LogP contribution in [-0.2, 0) is 19.1 Å². The molecule has 0 aromatic heterocycles. The minimum atomic E-state index is -1.13. The minimum absolute atomic E-state index is 0.0260. The van der Waals surface area contributed by atoms with Crippen molar-refractivity contribution >= 4 is 17.8 Å². The number of carbonyl (C=O) groups excluding carboxylic acids is 2. The van der Waals surface area contributed by atoms with Gasteiger partial charge in [-0.2, -0.15) is 0 Å². The number of amides is 1. The van der Waals surface area contributed by atoms with Gasteiger partial charge in [0.2, 0.25) is 5.91 Å². The van der Waals surface area contributed by atoms with Crippen molar-refractivity contribution in [3.63, 3.8) is 0 Å². The molecule has 6 heteroatoms. The third-order valence-electron chi connectivity index (χ3n) is 3.31. The lowest BCUT2D eigenvalue weighted by Gasteiger charge is -2.14. The number of ether oxygens (including phenoxy) is 1. The maximum Gasteiger partial charge on any atom is 0.326 e. The molecule has 0 saturated heterocycles. The Balaban J connectivity index is 2.46. The number of hydrogen-bond acceptors (Lipinski definition) is 4. The highest BCUT2D eigenvalue weighted by Gasteiger charge is 2.51. The van der Waals surface area contributed by atoms with Crippen LogP contribution in [0, 0.1) is 11.3 Å². The van der Waals surface area contributed by atoms with E-state index in [1.54, 1.807) is 0 Å². The van der Waals surface area contributed by atoms with E-state index in [1.807, 2.05) is 13.8 Å². The van der Waals surface area contributed by atoms with Crippen molar-refractivity contribution in [1.29, 1.82) is 0 Å². The van der Waals surface area contributed by atoms with E-state index >= 15 is 0 Å². The maximum atomic E-state index is 11.8. The molecule has 6 nitrogen and oxygen atoms in total. The van der Waals surface area contributed by atoms with E-state index in [2.05, 4.69) is 10.1 Å². The molecular weight excluding hydrogens is 238 g/mol. The highest BCUT2D eigenvalue weighted by Crippen LogP contribution is 2.51. The zero-order chi connectivity index (χ0) is 13.9. The highest BCUT2D eigenvalue weighted by atomic mass is 16.5. The van der Waals surface area contributed by atoms with Crippen molar-refractivity contribution in [3.05, 3.63) is 0 Å². The van der Waals surface area contributed by atoms with E-state index in [0.717, 1.165) is 6.42 Å². The van der Waals surface area contributed by atoms with Crippen LogP contribution in [0.2, 0.25) is 0 Å². The lowest BCUT2D eigenvalue weighted by atomic mass is 10.1. The molecule has 1 aliphatic rings. The number of carbonyl (C=O) groups is 3. The fraction of sp³-hybridized carbons (Fsp3) is 0.750. The third-order valence-corrected chi connectivity index (χ3v) is 3.31. The van der Waals surface area contributed by atoms with Crippen molar-refractivity contribution in [1.82, 2.24) is 5.32 Å². The molecule has 0 aromatic rings. The first-order chi connectivity index (χ1) is 8.27. The summed E-state index contributed by atoms with van der Waals surface area (Å²) in [5.41, 5.74) is -0.0461. The van der Waals surface area contributed by atoms with Crippen molar-refractivity contribution < 1.29 is 24.2 Å². The average Bonchev–Trinajstić information content (AvgIpc) is 2.92. The summed E-state index contributed by atoms with van der Waals surface area (Å²) in [6.07, 6.45) is 0.783. The Morgan fingerprint density at radius 1 is 1.44 bits per heavy atom. The summed E-state index contributed by atoms with van der Waals surface area (Å²) in [7, 11) is 1.24. The van der Waals surface area contributed by atoms with Crippen LogP contribution in [0.3, 0.4) is 0 Å². The zero-order valence-electron chi connectivity index (χ0n) is 10.9. The predicted octanol–water partition coefficient (Wildman–Crippen LogP) is 0.555. The topological polar surface area (TPSA) is 92.7 Å². The number of rotatable bonds is 6. The van der Waals surface area contributed by atoms with Gasteiger partial charge >= 0.3 is 11.9 Å². The number of methoxy groups -OCH3 is 1. The summed E-state index contributed by atoms with van der Waals surface area (Å²) >= 11 is 0. The highest BCUT2D eigenvalue weighted by molar-refractivity contribution is 5.87. The molecule has 0 heterocycles. The summed E-state index contributed by atoms with van der Waals surface area (Å²) in [5, 5.41) is 11.4. The molecule has 102 valence electrons. The second-order valence-corrected chi connectivity index (χ2v) is 5.26. The molecule has 0 radical (unpaired) electrons. The van der Waals surface area contributed by atoms with E-state index < -0.39 is 18.0 Å². The van der Waals surface area contributed by atoms with E-state index in [0.29, 0.717) is 0 Å². The molecule has 18 heavy (non-hydrogen) atoms. The molecule has 1 fully saturated rings. The molecule has 1 saturated carbocycles. The quantitative estimate of drug-likeness (QED) is 0.678. The molecular formula is C12H19NO5. The van der Waals surface area contributed by atoms with E-state index in [4.69, 9.17) is 5.11 Å². The summed E-state index contributed by atoms with van der Waals surface area (Å²) in [5.74, 6) is -2.00. The number of aliphatic carboxylic acids is 1. The van der Waals surface area contributed by atoms with Crippen molar-refractivity contribution in [3.8, 4) is 0 Å². The van der Waals surface area contributed by atoms with Gasteiger partial charge in [0.05, 0.1) is 7.11 Å². The molecule has 0 aromatic carbocycles. The monoisotopic (exact) mass is 257 g/mol. The molecule has 1 rings (SSSR count). The largest absolute Gasteiger partial charge is 0.480 e. The van der Waals surface area contributed by atoms with E-state index in [-0.39, 0.29) is 30.1 Å². The maximum absolute atomic E-state index is 11.8. The van der Waals surface area contributed by atoms with Crippen LogP contribution in [0.4, 0.5) is 0 Å². The number of hydrogen-bond donors (Lipinski definition) is 2. The average molecular weight is 257 g/mol. The molecule has 2 atom stereocenters. The molecule has 1 aliphatic carbocycles. The molecule has 0 spiro atoms. The lowest BCUT2D eigenvalue weighted by molar-refractivity contribution is -0.144. The van der Waals surface area contributed by atoms with Crippen LogP contribution in [0.15, 0.2) is 0 Å². The fourth-order valence-corrected chi connectivity index (χ4v) is 1.81. The van der Waals surface area contributed by atoms with Gasteiger partial charge in [0, 0.05) is 12.3 Å². The first-order valence-corrected chi connectivity index (χ1v) is 5.88. The number of carboxylic acid groups (broad SMARTS) is 1. The number of carboxylic acids is 1. The Labute approximate surface area is 106 Å². The number of nitrogens with one attached hydrogen (secondary N) is 1. The second kappa shape index (κ2) is 5.37. The molecule has 0 bridgehead atoms. The first-order valence-electron chi connectivity index (χ1n) is 5.88. The fourth-order valence-electron chi connectivity index (χ4n) is 1.81. The van der Waals surface area contributed by atoms with Crippen LogP contribution in [0.1, 0.15) is 33.1 Å². The minimum Gasteiger partial charge on any atom is -0.480 e. The van der Waals surface area contributed by atoms with E-state index in [9.17, 15) is 14.4 Å². The van der Waals surface area contributed by atoms with Gasteiger partial charge in [-0.25, -0.2) is 4.79 Å². The SMILES string of the molecule is COC(=O)CC[C@@H](NC(=O)C1CC1(C)C)C(=O)O. The smallest absolute Gasteiger partial charge is 0.326 e. The van der Waals surface area contributed by atoms with Crippen LogP contribution < -0.4 is 5.32 Å². The third kappa shape index (κ3) is 3.72. The van der Waals surface area contributed by atoms with Crippen LogP contribution in [0.5, 0.6) is 0 Å². The first kappa shape index (κ1) is 14.5. The van der Waals surface area contributed by atoms with Crippen LogP contribution in [0.25, 0.3) is 0 Å². The second-order valence-electron chi connectivity index (χ2n) is 5.26. The van der Waals surface area contributed by atoms with Gasteiger partial charge in [-0.3, -0.25) is 9.59 Å². The summed E-state index contributed by atoms with van der Waals surface area (Å²) in [6.45, 7) is 3.92. The van der Waals surface area contributed by atoms with Gasteiger partial charge in [0.25, 0.3) is 0 Å². The Kier molecular flexibility index (Phi) is 4.32. The summed E-state index contributed by atoms with van der Waals surface area (Å²) in [4.78, 5) is 33.7.